The van der Waals surface area contributed by atoms with E-state index in [2.05, 4.69) is 5.32 Å². The van der Waals surface area contributed by atoms with Crippen LogP contribution in [0.5, 0.6) is 0 Å². The van der Waals surface area contributed by atoms with Crippen LogP contribution in [0.25, 0.3) is 0 Å². The van der Waals surface area contributed by atoms with E-state index in [1.54, 1.807) is 12.1 Å². The number of nitrogens with one attached hydrogen (secondary N) is 1. The third-order valence-corrected chi connectivity index (χ3v) is 4.05. The summed E-state index contributed by atoms with van der Waals surface area (Å²) in [5.74, 6) is 0.735. The van der Waals surface area contributed by atoms with Gasteiger partial charge in [-0.3, -0.25) is 0 Å². The molecule has 1 aromatic carbocycles. The monoisotopic (exact) mass is 235 g/mol. The summed E-state index contributed by atoms with van der Waals surface area (Å²) in [5, 5.41) is 3.40. The highest BCUT2D eigenvalue weighted by molar-refractivity contribution is 5.37. The highest BCUT2D eigenvalue weighted by Gasteiger charge is 2.24. The first-order valence-corrected chi connectivity index (χ1v) is 6.55. The molecule has 0 saturated heterocycles. The lowest BCUT2D eigenvalue weighted by Crippen LogP contribution is -2.24. The van der Waals surface area contributed by atoms with Gasteiger partial charge in [0.15, 0.2) is 0 Å². The number of halogens is 1. The van der Waals surface area contributed by atoms with Crippen molar-refractivity contribution in [1.29, 1.82) is 0 Å². The number of aryl methyl sites for hydroxylation is 2. The zero-order chi connectivity index (χ0) is 12.4. The Morgan fingerprint density at radius 2 is 1.88 bits per heavy atom. The van der Waals surface area contributed by atoms with Gasteiger partial charge in [0.05, 0.1) is 0 Å². The van der Waals surface area contributed by atoms with Crippen molar-refractivity contribution in [2.24, 2.45) is 5.92 Å². The molecule has 1 N–H and O–H groups in total. The topological polar surface area (TPSA) is 12.0 Å². The van der Waals surface area contributed by atoms with Crippen LogP contribution in [0, 0.1) is 25.6 Å². The van der Waals surface area contributed by atoms with Gasteiger partial charge < -0.3 is 5.32 Å². The zero-order valence-electron chi connectivity index (χ0n) is 11.0. The van der Waals surface area contributed by atoms with Gasteiger partial charge in [-0.05, 0) is 62.1 Å². The number of hydrogen-bond acceptors (Lipinski definition) is 1. The van der Waals surface area contributed by atoms with Gasteiger partial charge in [0.25, 0.3) is 0 Å². The number of benzene rings is 1. The van der Waals surface area contributed by atoms with Gasteiger partial charge in [0.2, 0.25) is 0 Å². The molecule has 1 aliphatic rings. The summed E-state index contributed by atoms with van der Waals surface area (Å²) in [6, 6.07) is 3.67. The van der Waals surface area contributed by atoms with E-state index in [9.17, 15) is 4.39 Å². The molecule has 0 spiro atoms. The largest absolute Gasteiger partial charge is 0.313 e. The molecule has 1 saturated carbocycles. The minimum absolute atomic E-state index is 0.123. The van der Waals surface area contributed by atoms with Gasteiger partial charge in [-0.1, -0.05) is 19.3 Å². The van der Waals surface area contributed by atoms with Gasteiger partial charge in [-0.25, -0.2) is 4.39 Å². The summed E-state index contributed by atoms with van der Waals surface area (Å²) >= 11 is 0. The first-order chi connectivity index (χ1) is 8.11. The molecule has 0 aromatic heterocycles. The van der Waals surface area contributed by atoms with Crippen LogP contribution in [-0.4, -0.2) is 7.05 Å². The fourth-order valence-electron chi connectivity index (χ4n) is 2.91. The van der Waals surface area contributed by atoms with Crippen molar-refractivity contribution in [2.75, 3.05) is 7.05 Å². The molecule has 17 heavy (non-hydrogen) atoms. The van der Waals surface area contributed by atoms with Gasteiger partial charge in [-0.2, -0.15) is 0 Å². The van der Waals surface area contributed by atoms with Gasteiger partial charge in [-0.15, -0.1) is 0 Å². The maximum absolute atomic E-state index is 13.3. The van der Waals surface area contributed by atoms with Crippen LogP contribution in [0.2, 0.25) is 0 Å². The minimum Gasteiger partial charge on any atom is -0.313 e. The molecule has 0 heterocycles. The summed E-state index contributed by atoms with van der Waals surface area (Å²) in [4.78, 5) is 0. The predicted octanol–water partition coefficient (Wildman–Crippen LogP) is 3.89. The Hall–Kier alpha value is -0.890. The fourth-order valence-corrected chi connectivity index (χ4v) is 2.91. The van der Waals surface area contributed by atoms with Crippen molar-refractivity contribution >= 4 is 0 Å². The summed E-state index contributed by atoms with van der Waals surface area (Å²) in [5.41, 5.74) is 3.43. The maximum Gasteiger partial charge on any atom is 0.123 e. The highest BCUT2D eigenvalue weighted by Crippen LogP contribution is 2.36. The summed E-state index contributed by atoms with van der Waals surface area (Å²) in [7, 11) is 2.01. The average molecular weight is 235 g/mol. The Kier molecular flexibility index (Phi) is 3.82. The van der Waals surface area contributed by atoms with Crippen molar-refractivity contribution in [1.82, 2.24) is 5.32 Å². The normalized spacial score (nSPS) is 17.9. The molecule has 1 nitrogen and oxygen atoms in total. The van der Waals surface area contributed by atoms with Crippen LogP contribution >= 0.6 is 0 Å². The van der Waals surface area contributed by atoms with Crippen LogP contribution in [0.4, 0.5) is 4.39 Å². The molecule has 1 aliphatic carbocycles. The molecule has 2 heteroatoms. The molecular formula is C15H22FN. The van der Waals surface area contributed by atoms with E-state index < -0.39 is 0 Å². The van der Waals surface area contributed by atoms with Crippen LogP contribution in [0.3, 0.4) is 0 Å². The fraction of sp³-hybridized carbons (Fsp3) is 0.600. The lowest BCUT2D eigenvalue weighted by molar-refractivity contribution is 0.265. The maximum atomic E-state index is 13.3. The second-order valence-electron chi connectivity index (χ2n) is 5.33. The van der Waals surface area contributed by atoms with E-state index in [0.29, 0.717) is 6.04 Å². The molecule has 94 valence electrons. The molecule has 0 bridgehead atoms. The third-order valence-electron chi connectivity index (χ3n) is 4.05. The molecule has 1 unspecified atom stereocenters. The van der Waals surface area contributed by atoms with Crippen LogP contribution in [0.1, 0.15) is 48.4 Å². The first-order valence-electron chi connectivity index (χ1n) is 6.55. The van der Waals surface area contributed by atoms with E-state index in [-0.39, 0.29) is 5.82 Å². The average Bonchev–Trinajstić information content (AvgIpc) is 2.18. The number of hydrogen-bond donors (Lipinski definition) is 1. The van der Waals surface area contributed by atoms with E-state index in [1.165, 1.54) is 31.2 Å². The Morgan fingerprint density at radius 3 is 2.29 bits per heavy atom. The minimum atomic E-state index is -0.123. The third kappa shape index (κ3) is 2.68. The Morgan fingerprint density at radius 1 is 1.29 bits per heavy atom. The lowest BCUT2D eigenvalue weighted by Gasteiger charge is -2.31. The Labute approximate surface area is 103 Å². The molecule has 0 amide bonds. The first kappa shape index (κ1) is 12.6. The predicted molar refractivity (Wildman–Crippen MR) is 69.6 cm³/mol. The molecular weight excluding hydrogens is 213 g/mol. The molecule has 1 fully saturated rings. The van der Waals surface area contributed by atoms with E-state index in [4.69, 9.17) is 0 Å². The standard InChI is InChI=1S/C15H22FN/c1-10-7-13(16)8-11(2)15(10)14(17-3)9-12-5-4-6-12/h7-8,12,14,17H,4-6,9H2,1-3H3. The Balaban J connectivity index is 2.22. The summed E-state index contributed by atoms with van der Waals surface area (Å²) in [6.07, 6.45) is 5.28. The van der Waals surface area contributed by atoms with Crippen molar-refractivity contribution in [3.8, 4) is 0 Å². The lowest BCUT2D eigenvalue weighted by atomic mass is 9.78. The Bertz CT molecular complexity index is 373. The van der Waals surface area contributed by atoms with Crippen molar-refractivity contribution in [3.63, 3.8) is 0 Å². The van der Waals surface area contributed by atoms with Crippen LogP contribution < -0.4 is 5.32 Å². The second-order valence-corrected chi connectivity index (χ2v) is 5.33. The zero-order valence-corrected chi connectivity index (χ0v) is 11.0. The van der Waals surface area contributed by atoms with Gasteiger partial charge in [0.1, 0.15) is 5.82 Å². The summed E-state index contributed by atoms with van der Waals surface area (Å²) < 4.78 is 13.3. The molecule has 2 rings (SSSR count). The van der Waals surface area contributed by atoms with E-state index in [0.717, 1.165) is 17.0 Å². The van der Waals surface area contributed by atoms with E-state index >= 15 is 0 Å². The second kappa shape index (κ2) is 5.18. The van der Waals surface area contributed by atoms with Crippen molar-refractivity contribution in [2.45, 2.75) is 45.6 Å². The molecule has 0 aliphatic heterocycles. The molecule has 1 aromatic rings. The smallest absolute Gasteiger partial charge is 0.123 e. The summed E-state index contributed by atoms with van der Waals surface area (Å²) in [6.45, 7) is 4.02. The van der Waals surface area contributed by atoms with Gasteiger partial charge >= 0.3 is 0 Å². The van der Waals surface area contributed by atoms with Gasteiger partial charge in [0, 0.05) is 6.04 Å². The van der Waals surface area contributed by atoms with Crippen molar-refractivity contribution < 1.29 is 4.39 Å². The molecule has 1 atom stereocenters. The quantitative estimate of drug-likeness (QED) is 0.834. The van der Waals surface area contributed by atoms with Crippen LogP contribution in [0.15, 0.2) is 12.1 Å². The highest BCUT2D eigenvalue weighted by atomic mass is 19.1. The van der Waals surface area contributed by atoms with Crippen molar-refractivity contribution in [3.05, 3.63) is 34.6 Å². The SMILES string of the molecule is CNC(CC1CCC1)c1c(C)cc(F)cc1C. The van der Waals surface area contributed by atoms with E-state index in [1.807, 2.05) is 20.9 Å². The van der Waals surface area contributed by atoms with Crippen LogP contribution in [-0.2, 0) is 0 Å². The molecule has 0 radical (unpaired) electrons. The number of rotatable bonds is 4.